The van der Waals surface area contributed by atoms with Crippen molar-refractivity contribution in [3.05, 3.63) is 92.4 Å². The highest BCUT2D eigenvalue weighted by atomic mass is 79.9. The van der Waals surface area contributed by atoms with E-state index in [4.69, 9.17) is 23.2 Å². The molecule has 39 heavy (non-hydrogen) atoms. The maximum atomic E-state index is 13.9. The lowest BCUT2D eigenvalue weighted by atomic mass is 10.1. The van der Waals surface area contributed by atoms with E-state index in [0.29, 0.717) is 32.3 Å². The van der Waals surface area contributed by atoms with E-state index in [1.165, 1.54) is 17.0 Å². The fourth-order valence-electron chi connectivity index (χ4n) is 3.81. The van der Waals surface area contributed by atoms with Crippen LogP contribution in [0.2, 0.25) is 10.0 Å². The summed E-state index contributed by atoms with van der Waals surface area (Å²) in [4.78, 5) is 28.2. The van der Waals surface area contributed by atoms with Crippen molar-refractivity contribution in [1.29, 1.82) is 0 Å². The second-order valence-corrected chi connectivity index (χ2v) is 12.6. The van der Waals surface area contributed by atoms with Gasteiger partial charge in [-0.05, 0) is 68.3 Å². The van der Waals surface area contributed by atoms with Gasteiger partial charge in [0.1, 0.15) is 12.6 Å². The van der Waals surface area contributed by atoms with Crippen LogP contribution in [-0.4, -0.2) is 44.3 Å². The zero-order valence-corrected chi connectivity index (χ0v) is 25.7. The number of aryl methyl sites for hydroxylation is 1. The van der Waals surface area contributed by atoms with E-state index in [2.05, 4.69) is 21.2 Å². The van der Waals surface area contributed by atoms with E-state index in [1.54, 1.807) is 61.5 Å². The van der Waals surface area contributed by atoms with Crippen LogP contribution in [0.3, 0.4) is 0 Å². The number of carbonyl (C=O) groups is 2. The Labute approximate surface area is 248 Å². The number of benzene rings is 3. The molecule has 208 valence electrons. The number of hydrogen-bond donors (Lipinski definition) is 1. The number of amides is 2. The van der Waals surface area contributed by atoms with Gasteiger partial charge in [0, 0.05) is 17.6 Å². The summed E-state index contributed by atoms with van der Waals surface area (Å²) >= 11 is 15.7. The first-order valence-corrected chi connectivity index (χ1v) is 15.3. The van der Waals surface area contributed by atoms with Crippen molar-refractivity contribution in [3.63, 3.8) is 0 Å². The van der Waals surface area contributed by atoms with Crippen molar-refractivity contribution in [2.45, 2.75) is 44.7 Å². The number of anilines is 1. The fraction of sp³-hybridized carbons (Fsp3) is 0.286. The van der Waals surface area contributed by atoms with Crippen LogP contribution in [0.1, 0.15) is 31.4 Å². The molecule has 3 rings (SSSR count). The maximum absolute atomic E-state index is 13.9. The number of nitrogens with zero attached hydrogens (tertiary/aromatic N) is 2. The molecule has 0 radical (unpaired) electrons. The van der Waals surface area contributed by atoms with Crippen molar-refractivity contribution in [2.24, 2.45) is 0 Å². The lowest BCUT2D eigenvalue weighted by Crippen LogP contribution is -2.51. The molecule has 0 fully saturated rings. The average molecular weight is 655 g/mol. The molecule has 1 N–H and O–H groups in total. The van der Waals surface area contributed by atoms with E-state index >= 15 is 0 Å². The van der Waals surface area contributed by atoms with Crippen LogP contribution in [-0.2, 0) is 26.2 Å². The highest BCUT2D eigenvalue weighted by Gasteiger charge is 2.32. The lowest BCUT2D eigenvalue weighted by molar-refractivity contribution is -0.139. The van der Waals surface area contributed by atoms with Crippen molar-refractivity contribution < 1.29 is 18.0 Å². The zero-order valence-electron chi connectivity index (χ0n) is 21.8. The molecule has 7 nitrogen and oxygen atoms in total. The van der Waals surface area contributed by atoms with E-state index in [0.717, 1.165) is 16.3 Å². The molecule has 0 aromatic heterocycles. The number of hydrogen-bond acceptors (Lipinski definition) is 4. The number of rotatable bonds is 11. The predicted molar refractivity (Wildman–Crippen MR) is 160 cm³/mol. The summed E-state index contributed by atoms with van der Waals surface area (Å²) in [5.41, 5.74) is 1.85. The Hall–Kier alpha value is -2.59. The van der Waals surface area contributed by atoms with E-state index < -0.39 is 28.5 Å². The third-order valence-corrected chi connectivity index (χ3v) is 9.06. The quantitative estimate of drug-likeness (QED) is 0.267. The van der Waals surface area contributed by atoms with Gasteiger partial charge in [-0.25, -0.2) is 8.42 Å². The SMILES string of the molecule is CCCNC(=O)[C@H](C)N(Cc1ccc(Cl)c(Cl)c1)C(=O)CN(c1cccc(Br)c1)S(=O)(=O)c1ccc(C)cc1. The lowest BCUT2D eigenvalue weighted by Gasteiger charge is -2.32. The first-order valence-electron chi connectivity index (χ1n) is 12.3. The summed E-state index contributed by atoms with van der Waals surface area (Å²) in [5.74, 6) is -0.906. The molecule has 0 bridgehead atoms. The highest BCUT2D eigenvalue weighted by molar-refractivity contribution is 9.10. The molecule has 0 aliphatic carbocycles. The van der Waals surface area contributed by atoms with Crippen molar-refractivity contribution >= 4 is 66.7 Å². The predicted octanol–water partition coefficient (Wildman–Crippen LogP) is 6.20. The minimum atomic E-state index is -4.14. The average Bonchev–Trinajstić information content (AvgIpc) is 2.90. The third-order valence-electron chi connectivity index (χ3n) is 6.04. The Morgan fingerprint density at radius 3 is 2.31 bits per heavy atom. The molecule has 0 saturated carbocycles. The van der Waals surface area contributed by atoms with Gasteiger partial charge in [0.2, 0.25) is 11.8 Å². The normalized spacial score (nSPS) is 12.1. The van der Waals surface area contributed by atoms with E-state index in [1.807, 2.05) is 13.8 Å². The molecule has 0 aliphatic heterocycles. The van der Waals surface area contributed by atoms with Crippen LogP contribution in [0.5, 0.6) is 0 Å². The first-order chi connectivity index (χ1) is 18.4. The molecule has 3 aromatic carbocycles. The van der Waals surface area contributed by atoms with Gasteiger partial charge in [0.05, 0.1) is 20.6 Å². The second kappa shape index (κ2) is 13.7. The Kier molecular flexibility index (Phi) is 10.8. The summed E-state index contributed by atoms with van der Waals surface area (Å²) in [6, 6.07) is 17.2. The highest BCUT2D eigenvalue weighted by Crippen LogP contribution is 2.28. The topological polar surface area (TPSA) is 86.8 Å². The third kappa shape index (κ3) is 7.97. The van der Waals surface area contributed by atoms with Gasteiger partial charge in [-0.2, -0.15) is 0 Å². The Morgan fingerprint density at radius 2 is 1.69 bits per heavy atom. The van der Waals surface area contributed by atoms with Crippen LogP contribution in [0, 0.1) is 6.92 Å². The van der Waals surface area contributed by atoms with Crippen LogP contribution in [0.25, 0.3) is 0 Å². The molecule has 0 spiro atoms. The molecule has 2 amide bonds. The molecule has 0 unspecified atom stereocenters. The molecule has 0 saturated heterocycles. The molecule has 11 heteroatoms. The van der Waals surface area contributed by atoms with Crippen LogP contribution >= 0.6 is 39.1 Å². The number of nitrogens with one attached hydrogen (secondary N) is 1. The standard InChI is InChI=1S/C28H30BrCl2N3O4S/c1-4-14-32-28(36)20(3)33(17-21-10-13-25(30)26(31)15-21)27(35)18-34(23-7-5-6-22(29)16-23)39(37,38)24-11-8-19(2)9-12-24/h5-13,15-16,20H,4,14,17-18H2,1-3H3,(H,32,36)/t20-/m0/s1. The van der Waals surface area contributed by atoms with Gasteiger partial charge in [-0.15, -0.1) is 0 Å². The molecule has 0 aliphatic rings. The first kappa shape index (κ1) is 30.9. The van der Waals surface area contributed by atoms with Gasteiger partial charge in [-0.3, -0.25) is 13.9 Å². The second-order valence-electron chi connectivity index (χ2n) is 9.04. The largest absolute Gasteiger partial charge is 0.354 e. The van der Waals surface area contributed by atoms with Crippen LogP contribution < -0.4 is 9.62 Å². The van der Waals surface area contributed by atoms with Crippen molar-refractivity contribution in [2.75, 3.05) is 17.4 Å². The van der Waals surface area contributed by atoms with E-state index in [-0.39, 0.29) is 17.3 Å². The number of sulfonamides is 1. The summed E-state index contributed by atoms with van der Waals surface area (Å²) in [6.45, 7) is 5.34. The molecule has 3 aromatic rings. The monoisotopic (exact) mass is 653 g/mol. The Bertz CT molecular complexity index is 1430. The van der Waals surface area contributed by atoms with Gasteiger partial charge >= 0.3 is 0 Å². The van der Waals surface area contributed by atoms with Crippen LogP contribution in [0.15, 0.2) is 76.1 Å². The Balaban J connectivity index is 2.03. The smallest absolute Gasteiger partial charge is 0.264 e. The summed E-state index contributed by atoms with van der Waals surface area (Å²) in [6.07, 6.45) is 0.727. The van der Waals surface area contributed by atoms with Crippen molar-refractivity contribution in [3.8, 4) is 0 Å². The Morgan fingerprint density at radius 1 is 1.00 bits per heavy atom. The summed E-state index contributed by atoms with van der Waals surface area (Å²) in [5, 5.41) is 3.48. The van der Waals surface area contributed by atoms with Gasteiger partial charge < -0.3 is 10.2 Å². The number of halogens is 3. The maximum Gasteiger partial charge on any atom is 0.264 e. The summed E-state index contributed by atoms with van der Waals surface area (Å²) < 4.78 is 29.4. The minimum absolute atomic E-state index is 0.0212. The molecular weight excluding hydrogens is 625 g/mol. The number of carbonyl (C=O) groups excluding carboxylic acids is 2. The van der Waals surface area contributed by atoms with E-state index in [9.17, 15) is 18.0 Å². The van der Waals surface area contributed by atoms with Crippen molar-refractivity contribution in [1.82, 2.24) is 10.2 Å². The summed E-state index contributed by atoms with van der Waals surface area (Å²) in [7, 11) is -4.14. The molecule has 0 heterocycles. The van der Waals surface area contributed by atoms with Gasteiger partial charge in [0.25, 0.3) is 10.0 Å². The zero-order chi connectivity index (χ0) is 28.7. The fourth-order valence-corrected chi connectivity index (χ4v) is 5.92. The van der Waals surface area contributed by atoms with Gasteiger partial charge in [-0.1, -0.05) is 75.9 Å². The minimum Gasteiger partial charge on any atom is -0.354 e. The van der Waals surface area contributed by atoms with Crippen LogP contribution in [0.4, 0.5) is 5.69 Å². The van der Waals surface area contributed by atoms with Gasteiger partial charge in [0.15, 0.2) is 0 Å². The molecular formula is C28H30BrCl2N3O4S. The molecule has 1 atom stereocenters.